The molecule has 1 amide bonds. The van der Waals surface area contributed by atoms with Gasteiger partial charge in [0.15, 0.2) is 0 Å². The van der Waals surface area contributed by atoms with E-state index in [1.54, 1.807) is 0 Å². The average Bonchev–Trinajstić information content (AvgIpc) is 2.44. The molecule has 0 aliphatic heterocycles. The highest BCUT2D eigenvalue weighted by Crippen LogP contribution is 2.15. The molecule has 0 heterocycles. The summed E-state index contributed by atoms with van der Waals surface area (Å²) in [5, 5.41) is 10.6. The third kappa shape index (κ3) is 4.48. The molecule has 0 radical (unpaired) electrons. The van der Waals surface area contributed by atoms with Crippen LogP contribution in [0, 0.1) is 28.8 Å². The van der Waals surface area contributed by atoms with Gasteiger partial charge in [-0.2, -0.15) is 5.26 Å². The van der Waals surface area contributed by atoms with Gasteiger partial charge in [-0.25, -0.2) is 18.0 Å². The molecular formula is C14H13F3N2O3. The summed E-state index contributed by atoms with van der Waals surface area (Å²) in [4.78, 5) is 23.4. The van der Waals surface area contributed by atoms with E-state index in [-0.39, 0.29) is 19.3 Å². The summed E-state index contributed by atoms with van der Waals surface area (Å²) in [6.45, 7) is 0. The predicted molar refractivity (Wildman–Crippen MR) is 69.1 cm³/mol. The largest absolute Gasteiger partial charge is 0.467 e. The Morgan fingerprint density at radius 2 is 1.91 bits per heavy atom. The first-order valence-electron chi connectivity index (χ1n) is 6.31. The first-order valence-corrected chi connectivity index (χ1v) is 6.31. The van der Waals surface area contributed by atoms with Gasteiger partial charge in [0.25, 0.3) is 5.91 Å². The van der Waals surface area contributed by atoms with Crippen LogP contribution in [0.25, 0.3) is 0 Å². The minimum Gasteiger partial charge on any atom is -0.467 e. The molecule has 0 spiro atoms. The van der Waals surface area contributed by atoms with Crippen LogP contribution < -0.4 is 5.32 Å². The Morgan fingerprint density at radius 3 is 2.41 bits per heavy atom. The second-order valence-corrected chi connectivity index (χ2v) is 4.34. The maximum absolute atomic E-state index is 13.5. The monoisotopic (exact) mass is 314 g/mol. The summed E-state index contributed by atoms with van der Waals surface area (Å²) in [6.07, 6.45) is 0.490. The molecule has 0 saturated heterocycles. The van der Waals surface area contributed by atoms with Gasteiger partial charge in [0.2, 0.25) is 0 Å². The van der Waals surface area contributed by atoms with Crippen molar-refractivity contribution in [1.82, 2.24) is 5.32 Å². The lowest BCUT2D eigenvalue weighted by atomic mass is 10.1. The Labute approximate surface area is 124 Å². The molecule has 5 nitrogen and oxygen atoms in total. The number of hydrogen-bond donors (Lipinski definition) is 1. The minimum atomic E-state index is -1.38. The zero-order chi connectivity index (χ0) is 16.7. The molecule has 8 heteroatoms. The number of unbranched alkanes of at least 4 members (excludes halogenated alkanes) is 1. The molecule has 1 aromatic carbocycles. The molecule has 1 rings (SSSR count). The van der Waals surface area contributed by atoms with Gasteiger partial charge in [-0.15, -0.1) is 0 Å². The van der Waals surface area contributed by atoms with Crippen LogP contribution in [0.2, 0.25) is 0 Å². The van der Waals surface area contributed by atoms with Gasteiger partial charge >= 0.3 is 5.97 Å². The fourth-order valence-corrected chi connectivity index (χ4v) is 1.77. The van der Waals surface area contributed by atoms with Gasteiger partial charge < -0.3 is 10.1 Å². The van der Waals surface area contributed by atoms with Crippen LogP contribution in [0.15, 0.2) is 12.1 Å². The van der Waals surface area contributed by atoms with Crippen molar-refractivity contribution >= 4 is 11.9 Å². The summed E-state index contributed by atoms with van der Waals surface area (Å²) in [7, 11) is 1.09. The molecule has 1 N–H and O–H groups in total. The smallest absolute Gasteiger partial charge is 0.328 e. The number of esters is 1. The number of halogens is 3. The van der Waals surface area contributed by atoms with Gasteiger partial charge in [-0.1, -0.05) is 0 Å². The van der Waals surface area contributed by atoms with Crippen molar-refractivity contribution in [3.05, 3.63) is 35.1 Å². The first kappa shape index (κ1) is 17.5. The van der Waals surface area contributed by atoms with E-state index in [2.05, 4.69) is 10.1 Å². The van der Waals surface area contributed by atoms with Crippen LogP contribution in [-0.2, 0) is 9.53 Å². The number of nitriles is 1. The highest BCUT2D eigenvalue weighted by atomic mass is 19.1. The van der Waals surface area contributed by atoms with Crippen LogP contribution in [0.5, 0.6) is 0 Å². The third-order valence-electron chi connectivity index (χ3n) is 2.81. The maximum Gasteiger partial charge on any atom is 0.328 e. The van der Waals surface area contributed by atoms with Crippen LogP contribution >= 0.6 is 0 Å². The zero-order valence-electron chi connectivity index (χ0n) is 11.7. The van der Waals surface area contributed by atoms with Crippen molar-refractivity contribution < 1.29 is 27.5 Å². The number of ether oxygens (including phenoxy) is 1. The number of carbonyl (C=O) groups excluding carboxylic acids is 2. The summed E-state index contributed by atoms with van der Waals surface area (Å²) >= 11 is 0. The summed E-state index contributed by atoms with van der Waals surface area (Å²) in [5.74, 6) is -5.94. The van der Waals surface area contributed by atoms with E-state index in [9.17, 15) is 22.8 Å². The van der Waals surface area contributed by atoms with Crippen LogP contribution in [0.3, 0.4) is 0 Å². The van der Waals surface area contributed by atoms with E-state index in [1.165, 1.54) is 0 Å². The third-order valence-corrected chi connectivity index (χ3v) is 2.81. The Balaban J connectivity index is 2.91. The standard InChI is InChI=1S/C14H13F3N2O3/c1-22-14(21)11(4-2-3-5-18)19-13(20)12-9(16)6-8(15)7-10(12)17/h6-7,11H,2-4H2,1H3,(H,19,20)/t11-/m1/s1. The number of benzene rings is 1. The fourth-order valence-electron chi connectivity index (χ4n) is 1.77. The molecule has 0 bridgehead atoms. The molecule has 0 aliphatic rings. The number of hydrogen-bond acceptors (Lipinski definition) is 4. The van der Waals surface area contributed by atoms with Crippen molar-refractivity contribution in [2.24, 2.45) is 0 Å². The Morgan fingerprint density at radius 1 is 1.32 bits per heavy atom. The lowest BCUT2D eigenvalue weighted by Crippen LogP contribution is -2.42. The van der Waals surface area contributed by atoms with Crippen LogP contribution in [0.4, 0.5) is 13.2 Å². The van der Waals surface area contributed by atoms with Crippen molar-refractivity contribution in [2.75, 3.05) is 7.11 Å². The van der Waals surface area contributed by atoms with Gasteiger partial charge in [-0.05, 0) is 12.8 Å². The van der Waals surface area contributed by atoms with E-state index in [4.69, 9.17) is 5.26 Å². The van der Waals surface area contributed by atoms with E-state index < -0.39 is 40.9 Å². The molecule has 0 fully saturated rings. The number of carbonyl (C=O) groups is 2. The van der Waals surface area contributed by atoms with Gasteiger partial charge in [-0.3, -0.25) is 4.79 Å². The lowest BCUT2D eigenvalue weighted by Gasteiger charge is -2.16. The predicted octanol–water partition coefficient (Wildman–Crippen LogP) is 2.07. The fraction of sp³-hybridized carbons (Fsp3) is 0.357. The molecule has 118 valence electrons. The molecular weight excluding hydrogens is 301 g/mol. The first-order chi connectivity index (χ1) is 10.4. The molecule has 0 aliphatic carbocycles. The second kappa shape index (κ2) is 8.02. The molecule has 0 aromatic heterocycles. The number of rotatable bonds is 6. The number of nitrogens with zero attached hydrogens (tertiary/aromatic N) is 1. The van der Waals surface area contributed by atoms with E-state index in [0.29, 0.717) is 12.1 Å². The summed E-state index contributed by atoms with van der Waals surface area (Å²) in [5.41, 5.74) is -0.990. The SMILES string of the molecule is COC(=O)[C@@H](CCCC#N)NC(=O)c1c(F)cc(F)cc1F. The van der Waals surface area contributed by atoms with Crippen LogP contribution in [-0.4, -0.2) is 25.0 Å². The highest BCUT2D eigenvalue weighted by Gasteiger charge is 2.25. The second-order valence-electron chi connectivity index (χ2n) is 4.34. The molecule has 0 saturated carbocycles. The van der Waals surface area contributed by atoms with E-state index >= 15 is 0 Å². The Bertz CT molecular complexity index is 591. The van der Waals surface area contributed by atoms with E-state index in [1.807, 2.05) is 6.07 Å². The number of nitrogens with one attached hydrogen (secondary N) is 1. The number of amides is 1. The highest BCUT2D eigenvalue weighted by molar-refractivity contribution is 5.97. The number of methoxy groups -OCH3 is 1. The molecule has 0 unspecified atom stereocenters. The van der Waals surface area contributed by atoms with Gasteiger partial charge in [0.05, 0.1) is 13.2 Å². The van der Waals surface area contributed by atoms with Gasteiger partial charge in [0, 0.05) is 18.6 Å². The summed E-state index contributed by atoms with van der Waals surface area (Å²) < 4.78 is 44.3. The summed E-state index contributed by atoms with van der Waals surface area (Å²) in [6, 6.07) is 1.43. The topological polar surface area (TPSA) is 79.2 Å². The van der Waals surface area contributed by atoms with Crippen LogP contribution in [0.1, 0.15) is 29.6 Å². The zero-order valence-corrected chi connectivity index (χ0v) is 11.7. The lowest BCUT2D eigenvalue weighted by molar-refractivity contribution is -0.143. The van der Waals surface area contributed by atoms with Gasteiger partial charge in [0.1, 0.15) is 29.1 Å². The van der Waals surface area contributed by atoms with Crippen molar-refractivity contribution in [3.8, 4) is 6.07 Å². The maximum atomic E-state index is 13.5. The molecule has 1 aromatic rings. The van der Waals surface area contributed by atoms with Crippen molar-refractivity contribution in [3.63, 3.8) is 0 Å². The average molecular weight is 314 g/mol. The minimum absolute atomic E-state index is 0.0659. The Kier molecular flexibility index (Phi) is 6.38. The normalized spacial score (nSPS) is 11.4. The molecule has 1 atom stereocenters. The quantitative estimate of drug-likeness (QED) is 0.644. The Hall–Kier alpha value is -2.56. The van der Waals surface area contributed by atoms with E-state index in [0.717, 1.165) is 7.11 Å². The van der Waals surface area contributed by atoms with Crippen molar-refractivity contribution in [2.45, 2.75) is 25.3 Å². The molecule has 22 heavy (non-hydrogen) atoms. The van der Waals surface area contributed by atoms with Crippen molar-refractivity contribution in [1.29, 1.82) is 5.26 Å².